The summed E-state index contributed by atoms with van der Waals surface area (Å²) in [5.41, 5.74) is -0.723. The van der Waals surface area contributed by atoms with Crippen LogP contribution in [0.1, 0.15) is 33.3 Å². The Morgan fingerprint density at radius 1 is 1.32 bits per heavy atom. The molecule has 190 valence electrons. The average Bonchev–Trinajstić information content (AvgIpc) is 2.73. The number of nitrogens with zero attached hydrogens (tertiary/aromatic N) is 3. The Morgan fingerprint density at radius 3 is 2.53 bits per heavy atom. The van der Waals surface area contributed by atoms with E-state index in [2.05, 4.69) is 11.8 Å². The zero-order valence-electron chi connectivity index (χ0n) is 21.1. The Bertz CT molecular complexity index is 1040. The molecule has 1 heterocycles. The molecule has 1 aromatic rings. The third-order valence-corrected chi connectivity index (χ3v) is 7.53. The summed E-state index contributed by atoms with van der Waals surface area (Å²) in [5.74, 6) is 5.33. The second-order valence-corrected chi connectivity index (χ2v) is 11.6. The maximum atomic E-state index is 13.5. The molecular weight excluding hydrogens is 458 g/mol. The molecule has 0 spiro atoms. The Labute approximate surface area is 203 Å². The van der Waals surface area contributed by atoms with Crippen LogP contribution in [-0.4, -0.2) is 104 Å². The number of amides is 1. The maximum absolute atomic E-state index is 13.5. The number of aliphatic hydroxyl groups is 2. The highest BCUT2D eigenvalue weighted by atomic mass is 32.2. The van der Waals surface area contributed by atoms with E-state index < -0.39 is 27.8 Å². The van der Waals surface area contributed by atoms with Gasteiger partial charge in [0.15, 0.2) is 0 Å². The Morgan fingerprint density at radius 2 is 1.97 bits per heavy atom. The van der Waals surface area contributed by atoms with Crippen molar-refractivity contribution in [3.05, 3.63) is 23.8 Å². The van der Waals surface area contributed by atoms with Crippen LogP contribution >= 0.6 is 0 Å². The van der Waals surface area contributed by atoms with Gasteiger partial charge in [-0.1, -0.05) is 18.8 Å². The number of carbonyl (C=O) groups is 1. The molecule has 0 fully saturated rings. The molecule has 2 N–H and O–H groups in total. The van der Waals surface area contributed by atoms with E-state index in [1.54, 1.807) is 49.8 Å². The van der Waals surface area contributed by atoms with Crippen LogP contribution in [0.15, 0.2) is 23.1 Å². The normalized spacial score (nSPS) is 21.4. The molecule has 0 saturated heterocycles. The lowest BCUT2D eigenvalue weighted by Crippen LogP contribution is -2.50. The summed E-state index contributed by atoms with van der Waals surface area (Å²) in [5, 5.41) is 19.7. The Hall–Kier alpha value is -2.16. The number of aliphatic hydroxyl groups excluding tert-OH is 1. The smallest absolute Gasteiger partial charge is 0.247 e. The van der Waals surface area contributed by atoms with Crippen molar-refractivity contribution in [1.82, 2.24) is 14.1 Å². The zero-order chi connectivity index (χ0) is 25.8. The molecule has 0 aliphatic carbocycles. The molecule has 10 heteroatoms. The van der Waals surface area contributed by atoms with Gasteiger partial charge in [0.25, 0.3) is 0 Å². The van der Waals surface area contributed by atoms with Gasteiger partial charge in [0.1, 0.15) is 22.4 Å². The number of ether oxygens (including phenoxy) is 1. The highest BCUT2D eigenvalue weighted by Crippen LogP contribution is 2.34. The fourth-order valence-corrected chi connectivity index (χ4v) is 5.34. The van der Waals surface area contributed by atoms with Crippen LogP contribution in [0.3, 0.4) is 0 Å². The van der Waals surface area contributed by atoms with E-state index in [1.165, 1.54) is 10.4 Å². The van der Waals surface area contributed by atoms with E-state index in [4.69, 9.17) is 4.74 Å². The SMILES string of the molecule is C[C@H](CO)N1C[C@H](C)[C@@H](CN(C)C(=O)CN(C)C)Oc2cc(C#CC(C)(C)O)ccc2S1(=O)=O. The highest BCUT2D eigenvalue weighted by molar-refractivity contribution is 7.89. The molecule has 3 atom stereocenters. The lowest BCUT2D eigenvalue weighted by atomic mass is 10.0. The zero-order valence-corrected chi connectivity index (χ0v) is 21.9. The largest absolute Gasteiger partial charge is 0.487 e. The third kappa shape index (κ3) is 7.17. The number of benzene rings is 1. The first-order valence-electron chi connectivity index (χ1n) is 11.2. The Balaban J connectivity index is 2.55. The number of rotatable bonds is 6. The highest BCUT2D eigenvalue weighted by Gasteiger charge is 2.38. The van der Waals surface area contributed by atoms with Gasteiger partial charge in [-0.05, 0) is 53.1 Å². The van der Waals surface area contributed by atoms with Crippen molar-refractivity contribution in [1.29, 1.82) is 0 Å². The number of carbonyl (C=O) groups excluding carboxylic acids is 1. The number of hydrogen-bond acceptors (Lipinski definition) is 7. The van der Waals surface area contributed by atoms with Gasteiger partial charge in [0, 0.05) is 31.1 Å². The van der Waals surface area contributed by atoms with Gasteiger partial charge in [0.05, 0.1) is 19.7 Å². The second-order valence-electron chi connectivity index (χ2n) is 9.72. The first kappa shape index (κ1) is 28.1. The molecule has 9 nitrogen and oxygen atoms in total. The number of hydrogen-bond donors (Lipinski definition) is 2. The van der Waals surface area contributed by atoms with E-state index in [1.807, 2.05) is 21.0 Å². The summed E-state index contributed by atoms with van der Waals surface area (Å²) in [6.07, 6.45) is -0.503. The minimum absolute atomic E-state index is 0.0271. The quantitative estimate of drug-likeness (QED) is 0.556. The van der Waals surface area contributed by atoms with Crippen molar-refractivity contribution in [3.63, 3.8) is 0 Å². The maximum Gasteiger partial charge on any atom is 0.247 e. The van der Waals surface area contributed by atoms with Crippen LogP contribution in [0.5, 0.6) is 5.75 Å². The molecule has 1 aliphatic rings. The standard InChI is InChI=1S/C24H37N3O6S/c1-17-13-27(18(2)16-28)34(31,32)22-9-8-19(10-11-24(3,4)30)12-20(22)33-21(17)14-26(7)23(29)15-25(5)6/h8-9,12,17-18,21,28,30H,13-16H2,1-7H3/t17-,18+,21+/m0/s1. The average molecular weight is 496 g/mol. The summed E-state index contributed by atoms with van der Waals surface area (Å²) in [6, 6.07) is 3.90. The lowest BCUT2D eigenvalue weighted by molar-refractivity contribution is -0.132. The number of sulfonamides is 1. The predicted molar refractivity (Wildman–Crippen MR) is 130 cm³/mol. The molecule has 1 aliphatic heterocycles. The molecular formula is C24H37N3O6S. The summed E-state index contributed by atoms with van der Waals surface area (Å²) in [7, 11) is 1.35. The van der Waals surface area contributed by atoms with E-state index in [0.717, 1.165) is 0 Å². The molecule has 0 saturated carbocycles. The van der Waals surface area contributed by atoms with Crippen molar-refractivity contribution < 1.29 is 28.2 Å². The van der Waals surface area contributed by atoms with E-state index in [-0.39, 0.29) is 48.7 Å². The Kier molecular flexibility index (Phi) is 9.13. The second kappa shape index (κ2) is 11.1. The molecule has 1 aromatic carbocycles. The molecule has 34 heavy (non-hydrogen) atoms. The first-order valence-corrected chi connectivity index (χ1v) is 12.7. The van der Waals surface area contributed by atoms with Gasteiger partial charge < -0.3 is 24.7 Å². The monoisotopic (exact) mass is 495 g/mol. The molecule has 0 radical (unpaired) electrons. The van der Waals surface area contributed by atoms with Crippen molar-refractivity contribution in [3.8, 4) is 17.6 Å². The molecule has 0 unspecified atom stereocenters. The minimum Gasteiger partial charge on any atom is -0.487 e. The summed E-state index contributed by atoms with van der Waals surface area (Å²) < 4.78 is 34.5. The summed E-state index contributed by atoms with van der Waals surface area (Å²) in [6.45, 7) is 6.93. The van der Waals surface area contributed by atoms with Gasteiger partial charge in [-0.3, -0.25) is 4.79 Å². The van der Waals surface area contributed by atoms with Crippen molar-refractivity contribution in [2.75, 3.05) is 47.4 Å². The number of likely N-dealkylation sites (N-methyl/N-ethyl adjacent to an activating group) is 2. The predicted octanol–water partition coefficient (Wildman–Crippen LogP) is 0.598. The van der Waals surface area contributed by atoms with Crippen LogP contribution in [0.4, 0.5) is 0 Å². The van der Waals surface area contributed by atoms with Gasteiger partial charge in [-0.25, -0.2) is 8.42 Å². The third-order valence-electron chi connectivity index (χ3n) is 5.51. The number of fused-ring (bicyclic) bond motifs is 1. The van der Waals surface area contributed by atoms with Gasteiger partial charge in [-0.2, -0.15) is 4.31 Å². The summed E-state index contributed by atoms with van der Waals surface area (Å²) >= 11 is 0. The van der Waals surface area contributed by atoms with Gasteiger partial charge in [-0.15, -0.1) is 0 Å². The summed E-state index contributed by atoms with van der Waals surface area (Å²) in [4.78, 5) is 15.9. The van der Waals surface area contributed by atoms with Crippen molar-refractivity contribution >= 4 is 15.9 Å². The van der Waals surface area contributed by atoms with E-state index >= 15 is 0 Å². The van der Waals surface area contributed by atoms with Crippen molar-refractivity contribution in [2.24, 2.45) is 5.92 Å². The minimum atomic E-state index is -3.97. The van der Waals surface area contributed by atoms with Crippen molar-refractivity contribution in [2.45, 2.75) is 50.3 Å². The first-order chi connectivity index (χ1) is 15.7. The molecule has 1 amide bonds. The van der Waals surface area contributed by atoms with Crippen LogP contribution in [0, 0.1) is 17.8 Å². The molecule has 0 bridgehead atoms. The van der Waals surface area contributed by atoms with Gasteiger partial charge in [0.2, 0.25) is 15.9 Å². The molecule has 2 rings (SSSR count). The topological polar surface area (TPSA) is 111 Å². The fraction of sp³-hybridized carbons (Fsp3) is 0.625. The van der Waals surface area contributed by atoms with Crippen LogP contribution < -0.4 is 4.74 Å². The van der Waals surface area contributed by atoms with Crippen LogP contribution in [-0.2, 0) is 14.8 Å². The molecule has 0 aromatic heterocycles. The van der Waals surface area contributed by atoms with E-state index in [9.17, 15) is 23.4 Å². The van der Waals surface area contributed by atoms with Crippen LogP contribution in [0.25, 0.3) is 0 Å². The fourth-order valence-electron chi connectivity index (χ4n) is 3.51. The van der Waals surface area contributed by atoms with Gasteiger partial charge >= 0.3 is 0 Å². The van der Waals surface area contributed by atoms with Crippen LogP contribution in [0.2, 0.25) is 0 Å². The lowest BCUT2D eigenvalue weighted by Gasteiger charge is -2.37. The van der Waals surface area contributed by atoms with E-state index in [0.29, 0.717) is 5.56 Å².